The van der Waals surface area contributed by atoms with Crippen LogP contribution >= 0.6 is 0 Å². The molecular weight excluding hydrogens is 422 g/mol. The van der Waals surface area contributed by atoms with Crippen molar-refractivity contribution in [1.82, 2.24) is 10.2 Å². The molecule has 2 aromatic carbocycles. The maximum atomic E-state index is 13.6. The number of anilines is 1. The molecule has 5 rings (SSSR count). The van der Waals surface area contributed by atoms with Crippen molar-refractivity contribution in [3.8, 4) is 5.75 Å². The molecule has 0 aromatic heterocycles. The molecular formula is C25H27N3O5. The van der Waals surface area contributed by atoms with Crippen LogP contribution in [0.25, 0.3) is 0 Å². The molecule has 3 heterocycles. The van der Waals surface area contributed by atoms with Gasteiger partial charge in [-0.25, -0.2) is 0 Å². The molecule has 0 bridgehead atoms. The number of fused-ring (bicyclic) bond motifs is 4. The number of carbonyl (C=O) groups is 3. The van der Waals surface area contributed by atoms with Crippen LogP contribution in [0.5, 0.6) is 5.75 Å². The topological polar surface area (TPSA) is 108 Å². The summed E-state index contributed by atoms with van der Waals surface area (Å²) < 4.78 is 5.11. The lowest BCUT2D eigenvalue weighted by molar-refractivity contribution is -0.143. The molecule has 0 saturated carbocycles. The third-order valence-electron chi connectivity index (χ3n) is 7.42. The fourth-order valence-electron chi connectivity index (χ4n) is 5.64. The molecule has 0 radical (unpaired) electrons. The largest absolute Gasteiger partial charge is 0.508 e. The molecule has 3 aliphatic heterocycles. The number of hydrogen-bond donors (Lipinski definition) is 3. The summed E-state index contributed by atoms with van der Waals surface area (Å²) in [6.07, 6.45) is 0.438. The number of nitrogens with one attached hydrogen (secondary N) is 2. The molecule has 172 valence electrons. The summed E-state index contributed by atoms with van der Waals surface area (Å²) in [5.74, 6) is -2.29. The van der Waals surface area contributed by atoms with Gasteiger partial charge in [0.15, 0.2) is 0 Å². The highest BCUT2D eigenvalue weighted by Crippen LogP contribution is 2.54. The Balaban J connectivity index is 1.62. The van der Waals surface area contributed by atoms with Gasteiger partial charge in [0.25, 0.3) is 0 Å². The average molecular weight is 450 g/mol. The van der Waals surface area contributed by atoms with Crippen LogP contribution in [-0.2, 0) is 31.1 Å². The Hall–Kier alpha value is -3.23. The minimum Gasteiger partial charge on any atom is -0.508 e. The maximum Gasteiger partial charge on any atom is 0.250 e. The molecule has 3 aliphatic rings. The maximum absolute atomic E-state index is 13.6. The van der Waals surface area contributed by atoms with Crippen LogP contribution < -0.4 is 10.6 Å². The second-order valence-electron chi connectivity index (χ2n) is 9.14. The summed E-state index contributed by atoms with van der Waals surface area (Å²) in [4.78, 5) is 41.9. The number of rotatable bonds is 5. The molecule has 2 fully saturated rings. The van der Waals surface area contributed by atoms with Crippen LogP contribution in [0, 0.1) is 25.7 Å². The second-order valence-corrected chi connectivity index (χ2v) is 9.14. The first kappa shape index (κ1) is 21.6. The first-order valence-corrected chi connectivity index (χ1v) is 11.1. The lowest BCUT2D eigenvalue weighted by atomic mass is 9.75. The highest BCUT2D eigenvalue weighted by Gasteiger charge is 2.70. The first-order chi connectivity index (χ1) is 15.8. The number of aromatic hydroxyl groups is 1. The molecule has 1 spiro atoms. The fraction of sp³-hybridized carbons (Fsp3) is 0.400. The van der Waals surface area contributed by atoms with Crippen molar-refractivity contribution in [2.75, 3.05) is 25.6 Å². The lowest BCUT2D eigenvalue weighted by Crippen LogP contribution is -2.53. The number of phenols is 1. The summed E-state index contributed by atoms with van der Waals surface area (Å²) in [7, 11) is 1.52. The third kappa shape index (κ3) is 3.01. The Morgan fingerprint density at radius 2 is 1.79 bits per heavy atom. The van der Waals surface area contributed by atoms with Crippen molar-refractivity contribution >= 4 is 23.4 Å². The number of methoxy groups -OCH3 is 1. The van der Waals surface area contributed by atoms with Gasteiger partial charge in [-0.2, -0.15) is 0 Å². The number of carbonyl (C=O) groups excluding carboxylic acids is 3. The predicted octanol–water partition coefficient (Wildman–Crippen LogP) is 1.62. The second kappa shape index (κ2) is 7.67. The molecule has 2 saturated heterocycles. The van der Waals surface area contributed by atoms with E-state index in [9.17, 15) is 19.5 Å². The number of phenolic OH excluding ortho intramolecular Hbond substituents is 1. The summed E-state index contributed by atoms with van der Waals surface area (Å²) in [5, 5.41) is 16.1. The van der Waals surface area contributed by atoms with Crippen molar-refractivity contribution in [3.63, 3.8) is 0 Å². The van der Waals surface area contributed by atoms with Gasteiger partial charge in [-0.05, 0) is 49.1 Å². The normalized spacial score (nSPS) is 27.9. The van der Waals surface area contributed by atoms with Crippen molar-refractivity contribution < 1.29 is 24.2 Å². The number of likely N-dealkylation sites (tertiary alicyclic amines) is 1. The van der Waals surface area contributed by atoms with Crippen LogP contribution in [0.2, 0.25) is 0 Å². The molecule has 8 heteroatoms. The standard InChI is InChI=1S/C25H27N3O5/c1-13-4-9-17-21(14(13)2)26-24(32)25(17)20-19(22(30)28(23(20)31)10-11-33-3)18(27-25)12-15-5-7-16(29)8-6-15/h4-9,18-20,27,29H,10-12H2,1-3H3,(H,26,32)/t18-,19+,20-,25-/m0/s1. The summed E-state index contributed by atoms with van der Waals surface area (Å²) >= 11 is 0. The first-order valence-electron chi connectivity index (χ1n) is 11.1. The Morgan fingerprint density at radius 1 is 1.06 bits per heavy atom. The zero-order chi connectivity index (χ0) is 23.5. The molecule has 3 amide bonds. The minimum atomic E-state index is -1.31. The van der Waals surface area contributed by atoms with Crippen LogP contribution in [0.15, 0.2) is 36.4 Å². The third-order valence-corrected chi connectivity index (χ3v) is 7.42. The van der Waals surface area contributed by atoms with Gasteiger partial charge >= 0.3 is 0 Å². The van der Waals surface area contributed by atoms with E-state index < -0.39 is 23.4 Å². The monoisotopic (exact) mass is 449 g/mol. The molecule has 8 nitrogen and oxygen atoms in total. The number of hydrogen-bond acceptors (Lipinski definition) is 6. The van der Waals surface area contributed by atoms with Gasteiger partial charge in [0.05, 0.1) is 25.0 Å². The summed E-state index contributed by atoms with van der Waals surface area (Å²) in [6, 6.07) is 10.2. The number of nitrogens with zero attached hydrogens (tertiary/aromatic N) is 1. The number of aryl methyl sites for hydroxylation is 1. The van der Waals surface area contributed by atoms with Crippen LogP contribution in [0.1, 0.15) is 22.3 Å². The molecule has 4 atom stereocenters. The van der Waals surface area contributed by atoms with Crippen LogP contribution in [0.4, 0.5) is 5.69 Å². The minimum absolute atomic E-state index is 0.153. The Kier molecular flexibility index (Phi) is 5.02. The van der Waals surface area contributed by atoms with Crippen LogP contribution in [0.3, 0.4) is 0 Å². The Labute approximate surface area is 191 Å². The lowest BCUT2D eigenvalue weighted by Gasteiger charge is -2.29. The van der Waals surface area contributed by atoms with E-state index in [0.29, 0.717) is 17.7 Å². The van der Waals surface area contributed by atoms with Gasteiger partial charge in [0, 0.05) is 24.4 Å². The SMILES string of the molecule is COCCN1C(=O)[C@@H]2[C@H](Cc3ccc(O)cc3)N[C@]3(C(=O)Nc4c3ccc(C)c4C)[C@@H]2C1=O. The highest BCUT2D eigenvalue weighted by molar-refractivity contribution is 6.15. The van der Waals surface area contributed by atoms with Gasteiger partial charge in [-0.1, -0.05) is 24.3 Å². The van der Waals surface area contributed by atoms with E-state index >= 15 is 0 Å². The Bertz CT molecular complexity index is 1160. The molecule has 33 heavy (non-hydrogen) atoms. The van der Waals surface area contributed by atoms with Crippen molar-refractivity contribution in [1.29, 1.82) is 0 Å². The van der Waals surface area contributed by atoms with Gasteiger partial charge in [-0.15, -0.1) is 0 Å². The summed E-state index contributed by atoms with van der Waals surface area (Å²) in [5.41, 5.74) is 3.01. The molecule has 3 N–H and O–H groups in total. The zero-order valence-corrected chi connectivity index (χ0v) is 18.8. The summed E-state index contributed by atoms with van der Waals surface area (Å²) in [6.45, 7) is 4.31. The van der Waals surface area contributed by atoms with E-state index in [4.69, 9.17) is 4.74 Å². The smallest absolute Gasteiger partial charge is 0.250 e. The quantitative estimate of drug-likeness (QED) is 0.599. The Morgan fingerprint density at radius 3 is 2.48 bits per heavy atom. The number of amides is 3. The zero-order valence-electron chi connectivity index (χ0n) is 18.8. The average Bonchev–Trinajstić information content (AvgIpc) is 3.36. The van der Waals surface area contributed by atoms with E-state index in [1.807, 2.05) is 26.0 Å². The van der Waals surface area contributed by atoms with E-state index in [0.717, 1.165) is 16.7 Å². The van der Waals surface area contributed by atoms with Gasteiger partial charge in [-0.3, -0.25) is 24.6 Å². The van der Waals surface area contributed by atoms with E-state index in [2.05, 4.69) is 10.6 Å². The molecule has 2 aromatic rings. The van der Waals surface area contributed by atoms with Crippen molar-refractivity contribution in [2.24, 2.45) is 11.8 Å². The van der Waals surface area contributed by atoms with Crippen LogP contribution in [-0.4, -0.2) is 54.0 Å². The molecule has 0 unspecified atom stereocenters. The van der Waals surface area contributed by atoms with E-state index in [-0.39, 0.29) is 36.6 Å². The number of ether oxygens (including phenoxy) is 1. The fourth-order valence-corrected chi connectivity index (χ4v) is 5.64. The van der Waals surface area contributed by atoms with E-state index in [1.165, 1.54) is 12.0 Å². The van der Waals surface area contributed by atoms with Gasteiger partial charge in [0.2, 0.25) is 17.7 Å². The predicted molar refractivity (Wildman–Crippen MR) is 121 cm³/mol. The highest BCUT2D eigenvalue weighted by atomic mass is 16.5. The van der Waals surface area contributed by atoms with Gasteiger partial charge < -0.3 is 15.2 Å². The number of benzene rings is 2. The van der Waals surface area contributed by atoms with E-state index in [1.54, 1.807) is 24.3 Å². The molecule has 0 aliphatic carbocycles. The van der Waals surface area contributed by atoms with Gasteiger partial charge in [0.1, 0.15) is 11.3 Å². The number of imide groups is 1. The van der Waals surface area contributed by atoms with Crippen molar-refractivity contribution in [2.45, 2.75) is 31.8 Å². The van der Waals surface area contributed by atoms with Crippen molar-refractivity contribution in [3.05, 3.63) is 58.7 Å².